The number of benzene rings is 2. The van der Waals surface area contributed by atoms with Crippen molar-refractivity contribution < 1.29 is 27.5 Å². The molecule has 0 fully saturated rings. The number of amides is 1. The molecule has 25 heavy (non-hydrogen) atoms. The van der Waals surface area contributed by atoms with Crippen LogP contribution in [0.4, 0.5) is 18.0 Å². The normalized spacial score (nSPS) is 12.3. The third kappa shape index (κ3) is 5.63. The Morgan fingerprint density at radius 2 is 1.84 bits per heavy atom. The van der Waals surface area contributed by atoms with Gasteiger partial charge in [-0.15, -0.1) is 0 Å². The average molecular weight is 351 g/mol. The number of alkyl halides is 3. The van der Waals surface area contributed by atoms with Crippen LogP contribution in [0.2, 0.25) is 0 Å². The minimum atomic E-state index is -4.50. The maximum atomic E-state index is 12.8. The first-order chi connectivity index (χ1) is 11.9. The van der Waals surface area contributed by atoms with Crippen molar-refractivity contribution in [3.63, 3.8) is 0 Å². The molecule has 0 aliphatic heterocycles. The first kappa shape index (κ1) is 18.5. The van der Waals surface area contributed by atoms with E-state index in [0.29, 0.717) is 6.29 Å². The maximum Gasteiger partial charge on any atom is 0.416 e. The van der Waals surface area contributed by atoms with Crippen LogP contribution in [-0.4, -0.2) is 12.4 Å². The monoisotopic (exact) mass is 351 g/mol. The Morgan fingerprint density at radius 3 is 2.48 bits per heavy atom. The molecule has 0 spiro atoms. The minimum Gasteiger partial charge on any atom is -0.445 e. The number of carbonyl (C=O) groups is 2. The predicted octanol–water partition coefficient (Wildman–Crippen LogP) is 4.26. The van der Waals surface area contributed by atoms with Gasteiger partial charge in [0.1, 0.15) is 12.9 Å². The summed E-state index contributed by atoms with van der Waals surface area (Å²) in [6, 6.07) is 12.5. The van der Waals surface area contributed by atoms with E-state index in [1.807, 2.05) is 6.07 Å². The molecular weight excluding hydrogens is 335 g/mol. The van der Waals surface area contributed by atoms with Crippen molar-refractivity contribution in [1.82, 2.24) is 5.32 Å². The molecule has 0 heterocycles. The molecule has 0 aliphatic rings. The van der Waals surface area contributed by atoms with Crippen LogP contribution in [0.15, 0.2) is 54.6 Å². The number of halogens is 3. The van der Waals surface area contributed by atoms with Crippen LogP contribution in [0.3, 0.4) is 0 Å². The molecule has 2 aromatic rings. The number of hydrogen-bond donors (Lipinski definition) is 1. The van der Waals surface area contributed by atoms with Crippen molar-refractivity contribution >= 4 is 12.4 Å². The van der Waals surface area contributed by atoms with Gasteiger partial charge in [0.15, 0.2) is 0 Å². The number of alkyl carbamates (subject to hydrolysis) is 1. The van der Waals surface area contributed by atoms with Crippen LogP contribution in [0.1, 0.15) is 29.2 Å². The fraction of sp³-hybridized carbons (Fsp3) is 0.222. The predicted molar refractivity (Wildman–Crippen MR) is 84.6 cm³/mol. The Labute approximate surface area is 142 Å². The number of carbonyl (C=O) groups excluding carboxylic acids is 2. The lowest BCUT2D eigenvalue weighted by Crippen LogP contribution is -2.29. The van der Waals surface area contributed by atoms with E-state index in [1.54, 1.807) is 24.3 Å². The number of nitrogens with one attached hydrogen (secondary N) is 1. The van der Waals surface area contributed by atoms with E-state index in [1.165, 1.54) is 12.1 Å². The standard InChI is InChI=1S/C18H16F3NO3/c19-18(20,21)15-8-4-7-14(11-15)16(9-10-23)22-17(24)25-12-13-5-2-1-3-6-13/h1-8,10-11,16H,9,12H2,(H,22,24)/t16-/m1/s1. The highest BCUT2D eigenvalue weighted by Crippen LogP contribution is 2.31. The van der Waals surface area contributed by atoms with Gasteiger partial charge >= 0.3 is 12.3 Å². The summed E-state index contributed by atoms with van der Waals surface area (Å²) < 4.78 is 43.5. The van der Waals surface area contributed by atoms with Crippen molar-refractivity contribution in [2.24, 2.45) is 0 Å². The molecule has 0 bridgehead atoms. The molecule has 7 heteroatoms. The van der Waals surface area contributed by atoms with Gasteiger partial charge in [-0.2, -0.15) is 13.2 Å². The zero-order valence-electron chi connectivity index (χ0n) is 13.1. The van der Waals surface area contributed by atoms with Crippen molar-refractivity contribution in [2.45, 2.75) is 25.2 Å². The van der Waals surface area contributed by atoms with Crippen LogP contribution >= 0.6 is 0 Å². The number of rotatable bonds is 6. The second-order valence-electron chi connectivity index (χ2n) is 5.28. The Hall–Kier alpha value is -2.83. The van der Waals surface area contributed by atoms with Gasteiger partial charge in [0.25, 0.3) is 0 Å². The fourth-order valence-corrected chi connectivity index (χ4v) is 2.21. The topological polar surface area (TPSA) is 55.4 Å². The van der Waals surface area contributed by atoms with Gasteiger partial charge in [-0.05, 0) is 23.3 Å². The molecule has 0 radical (unpaired) electrons. The first-order valence-corrected chi connectivity index (χ1v) is 7.48. The van der Waals surface area contributed by atoms with Gasteiger partial charge in [0, 0.05) is 6.42 Å². The van der Waals surface area contributed by atoms with E-state index < -0.39 is 23.9 Å². The summed E-state index contributed by atoms with van der Waals surface area (Å²) in [5, 5.41) is 2.42. The van der Waals surface area contributed by atoms with Gasteiger partial charge in [-0.1, -0.05) is 42.5 Å². The number of aldehydes is 1. The Kier molecular flexibility index (Phi) is 6.16. The smallest absolute Gasteiger partial charge is 0.416 e. The molecule has 4 nitrogen and oxygen atoms in total. The van der Waals surface area contributed by atoms with Gasteiger partial charge < -0.3 is 14.8 Å². The van der Waals surface area contributed by atoms with Gasteiger partial charge in [-0.25, -0.2) is 4.79 Å². The average Bonchev–Trinajstić information content (AvgIpc) is 2.60. The molecule has 1 atom stereocenters. The van der Waals surface area contributed by atoms with Crippen molar-refractivity contribution in [3.8, 4) is 0 Å². The number of ether oxygens (including phenoxy) is 1. The first-order valence-electron chi connectivity index (χ1n) is 7.48. The summed E-state index contributed by atoms with van der Waals surface area (Å²) in [7, 11) is 0. The molecule has 0 aliphatic carbocycles. The highest BCUT2D eigenvalue weighted by Gasteiger charge is 2.31. The molecule has 2 rings (SSSR count). The number of hydrogen-bond acceptors (Lipinski definition) is 3. The molecular formula is C18H16F3NO3. The van der Waals surface area contributed by atoms with E-state index in [0.717, 1.165) is 17.7 Å². The van der Waals surface area contributed by atoms with Crippen LogP contribution in [0.5, 0.6) is 0 Å². The summed E-state index contributed by atoms with van der Waals surface area (Å²) in [5.41, 5.74) is 0.0996. The maximum absolute atomic E-state index is 12.8. The highest BCUT2D eigenvalue weighted by atomic mass is 19.4. The molecule has 1 N–H and O–H groups in total. The zero-order chi connectivity index (χ0) is 18.3. The van der Waals surface area contributed by atoms with Gasteiger partial charge in [0.05, 0.1) is 11.6 Å². The third-order valence-corrected chi connectivity index (χ3v) is 3.45. The lowest BCUT2D eigenvalue weighted by molar-refractivity contribution is -0.137. The largest absolute Gasteiger partial charge is 0.445 e. The van der Waals surface area contributed by atoms with Gasteiger partial charge in [0.2, 0.25) is 0 Å². The summed E-state index contributed by atoms with van der Waals surface area (Å²) in [4.78, 5) is 22.7. The fourth-order valence-electron chi connectivity index (χ4n) is 2.21. The Balaban J connectivity index is 2.05. The Morgan fingerprint density at radius 1 is 1.12 bits per heavy atom. The molecule has 1 amide bonds. The summed E-state index contributed by atoms with van der Waals surface area (Å²) >= 11 is 0. The molecule has 0 saturated carbocycles. The highest BCUT2D eigenvalue weighted by molar-refractivity contribution is 5.69. The van der Waals surface area contributed by atoms with Crippen LogP contribution in [-0.2, 0) is 22.3 Å². The molecule has 0 aromatic heterocycles. The lowest BCUT2D eigenvalue weighted by atomic mass is 10.0. The Bertz CT molecular complexity index is 717. The van der Waals surface area contributed by atoms with Crippen molar-refractivity contribution in [2.75, 3.05) is 0 Å². The van der Waals surface area contributed by atoms with Crippen molar-refractivity contribution in [1.29, 1.82) is 0 Å². The quantitative estimate of drug-likeness (QED) is 0.791. The molecule has 0 saturated heterocycles. The van der Waals surface area contributed by atoms with Crippen LogP contribution in [0.25, 0.3) is 0 Å². The third-order valence-electron chi connectivity index (χ3n) is 3.45. The SMILES string of the molecule is O=CC[C@@H](NC(=O)OCc1ccccc1)c1cccc(C(F)(F)F)c1. The van der Waals surface area contributed by atoms with E-state index in [9.17, 15) is 22.8 Å². The molecule has 0 unspecified atom stereocenters. The molecule has 132 valence electrons. The van der Waals surface area contributed by atoms with E-state index in [2.05, 4.69) is 5.32 Å². The van der Waals surface area contributed by atoms with Crippen LogP contribution < -0.4 is 5.32 Å². The second-order valence-corrected chi connectivity index (χ2v) is 5.28. The lowest BCUT2D eigenvalue weighted by Gasteiger charge is -2.18. The zero-order valence-corrected chi connectivity index (χ0v) is 13.1. The second kappa shape index (κ2) is 8.32. The van der Waals surface area contributed by atoms with Crippen LogP contribution in [0, 0.1) is 0 Å². The molecule has 2 aromatic carbocycles. The summed E-state index contributed by atoms with van der Waals surface area (Å²) in [5.74, 6) is 0. The summed E-state index contributed by atoms with van der Waals surface area (Å²) in [6.45, 7) is 0.0169. The van der Waals surface area contributed by atoms with E-state index in [4.69, 9.17) is 4.74 Å². The van der Waals surface area contributed by atoms with E-state index >= 15 is 0 Å². The van der Waals surface area contributed by atoms with Crippen molar-refractivity contribution in [3.05, 3.63) is 71.3 Å². The van der Waals surface area contributed by atoms with E-state index in [-0.39, 0.29) is 18.6 Å². The summed E-state index contributed by atoms with van der Waals surface area (Å²) in [6.07, 6.45) is -4.95. The van der Waals surface area contributed by atoms with Gasteiger partial charge in [-0.3, -0.25) is 0 Å². The minimum absolute atomic E-state index is 0.0169.